The second kappa shape index (κ2) is 5.78. The number of carbonyl (C=O) groups excluding carboxylic acids is 1. The van der Waals surface area contributed by atoms with Crippen LogP contribution >= 0.6 is 0 Å². The molecule has 92 valence electrons. The Kier molecular flexibility index (Phi) is 4.38. The standard InChI is InChI=1S/C10H13N3O4/c1-7-5-9(11-4-3-10(14)17-2)12-6-8(7)13(15)16/h5-6H,3-4H2,1-2H3,(H,11,12). The molecule has 17 heavy (non-hydrogen) atoms. The van der Waals surface area contributed by atoms with Crippen LogP contribution in [-0.4, -0.2) is 29.5 Å². The van der Waals surface area contributed by atoms with E-state index in [1.165, 1.54) is 13.3 Å². The van der Waals surface area contributed by atoms with Crippen LogP contribution in [0.3, 0.4) is 0 Å². The predicted octanol–water partition coefficient (Wildman–Crippen LogP) is 1.27. The van der Waals surface area contributed by atoms with Gasteiger partial charge in [-0.1, -0.05) is 0 Å². The average Bonchev–Trinajstić information content (AvgIpc) is 2.28. The minimum absolute atomic E-state index is 0.0245. The summed E-state index contributed by atoms with van der Waals surface area (Å²) in [6, 6.07) is 1.56. The number of nitrogens with zero attached hydrogens (tertiary/aromatic N) is 2. The maximum atomic E-state index is 10.8. The molecule has 0 aliphatic rings. The molecule has 1 aromatic heterocycles. The molecule has 1 heterocycles. The highest BCUT2D eigenvalue weighted by Gasteiger charge is 2.11. The van der Waals surface area contributed by atoms with Crippen LogP contribution in [0, 0.1) is 17.0 Å². The summed E-state index contributed by atoms with van der Waals surface area (Å²) in [5.41, 5.74) is 0.495. The minimum atomic E-state index is -0.486. The second-order valence-electron chi connectivity index (χ2n) is 3.37. The van der Waals surface area contributed by atoms with Crippen molar-refractivity contribution in [3.63, 3.8) is 0 Å². The van der Waals surface area contributed by atoms with Crippen LogP contribution in [0.5, 0.6) is 0 Å². The highest BCUT2D eigenvalue weighted by atomic mass is 16.6. The zero-order chi connectivity index (χ0) is 12.8. The van der Waals surface area contributed by atoms with Gasteiger partial charge in [0.25, 0.3) is 5.69 Å². The lowest BCUT2D eigenvalue weighted by atomic mass is 10.2. The monoisotopic (exact) mass is 239 g/mol. The Morgan fingerprint density at radius 3 is 2.88 bits per heavy atom. The molecule has 0 aliphatic heterocycles. The summed E-state index contributed by atoms with van der Waals surface area (Å²) in [5, 5.41) is 13.4. The Bertz CT molecular complexity index is 434. The third-order valence-corrected chi connectivity index (χ3v) is 2.14. The van der Waals surface area contributed by atoms with Gasteiger partial charge in [-0.25, -0.2) is 4.98 Å². The number of hydrogen-bond donors (Lipinski definition) is 1. The normalized spacial score (nSPS) is 9.76. The van der Waals surface area contributed by atoms with Crippen LogP contribution in [0.15, 0.2) is 12.3 Å². The van der Waals surface area contributed by atoms with Gasteiger partial charge >= 0.3 is 5.97 Å². The van der Waals surface area contributed by atoms with E-state index in [-0.39, 0.29) is 18.1 Å². The summed E-state index contributed by atoms with van der Waals surface area (Å²) in [5.74, 6) is 0.174. The highest BCUT2D eigenvalue weighted by molar-refractivity contribution is 5.69. The van der Waals surface area contributed by atoms with Crippen LogP contribution < -0.4 is 5.32 Å². The van der Waals surface area contributed by atoms with Crippen molar-refractivity contribution in [3.8, 4) is 0 Å². The third kappa shape index (κ3) is 3.71. The maximum absolute atomic E-state index is 10.8. The van der Waals surface area contributed by atoms with Crippen molar-refractivity contribution in [2.75, 3.05) is 19.0 Å². The van der Waals surface area contributed by atoms with Gasteiger partial charge in [0.2, 0.25) is 0 Å². The number of anilines is 1. The van der Waals surface area contributed by atoms with Crippen LogP contribution in [0.25, 0.3) is 0 Å². The van der Waals surface area contributed by atoms with Gasteiger partial charge < -0.3 is 10.1 Å². The Morgan fingerprint density at radius 2 is 2.35 bits per heavy atom. The van der Waals surface area contributed by atoms with Crippen LogP contribution in [-0.2, 0) is 9.53 Å². The van der Waals surface area contributed by atoms with E-state index >= 15 is 0 Å². The molecule has 0 atom stereocenters. The number of nitro groups is 1. The van der Waals surface area contributed by atoms with Crippen molar-refractivity contribution in [2.45, 2.75) is 13.3 Å². The molecule has 0 aliphatic carbocycles. The molecule has 1 N–H and O–H groups in total. The number of pyridine rings is 1. The SMILES string of the molecule is COC(=O)CCNc1cc(C)c([N+](=O)[O-])cn1. The fraction of sp³-hybridized carbons (Fsp3) is 0.400. The maximum Gasteiger partial charge on any atom is 0.307 e. The zero-order valence-corrected chi connectivity index (χ0v) is 9.60. The van der Waals surface area contributed by atoms with E-state index in [1.54, 1.807) is 13.0 Å². The minimum Gasteiger partial charge on any atom is -0.469 e. The van der Waals surface area contributed by atoms with Crippen molar-refractivity contribution >= 4 is 17.5 Å². The number of ether oxygens (including phenoxy) is 1. The summed E-state index contributed by atoms with van der Waals surface area (Å²) in [4.78, 5) is 24.8. The molecule has 0 saturated carbocycles. The molecule has 0 radical (unpaired) electrons. The molecule has 0 amide bonds. The number of aromatic nitrogens is 1. The molecule has 0 spiro atoms. The Morgan fingerprint density at radius 1 is 1.65 bits per heavy atom. The van der Waals surface area contributed by atoms with E-state index in [0.717, 1.165) is 0 Å². The van der Waals surface area contributed by atoms with Crippen LogP contribution in [0.2, 0.25) is 0 Å². The zero-order valence-electron chi connectivity index (χ0n) is 9.60. The molecule has 1 aromatic rings. The summed E-state index contributed by atoms with van der Waals surface area (Å²) < 4.78 is 4.47. The number of nitrogens with one attached hydrogen (secondary N) is 1. The van der Waals surface area contributed by atoms with Crippen molar-refractivity contribution in [2.24, 2.45) is 0 Å². The Labute approximate surface area is 98.0 Å². The molecular formula is C10H13N3O4. The Balaban J connectivity index is 2.59. The third-order valence-electron chi connectivity index (χ3n) is 2.14. The lowest BCUT2D eigenvalue weighted by molar-refractivity contribution is -0.385. The lowest BCUT2D eigenvalue weighted by Crippen LogP contribution is -2.10. The van der Waals surface area contributed by atoms with Gasteiger partial charge in [0.05, 0.1) is 18.5 Å². The van der Waals surface area contributed by atoms with Gasteiger partial charge in [-0.3, -0.25) is 14.9 Å². The summed E-state index contributed by atoms with van der Waals surface area (Å²) >= 11 is 0. The van der Waals surface area contributed by atoms with E-state index in [0.29, 0.717) is 17.9 Å². The number of rotatable bonds is 5. The molecule has 7 nitrogen and oxygen atoms in total. The van der Waals surface area contributed by atoms with E-state index in [9.17, 15) is 14.9 Å². The second-order valence-corrected chi connectivity index (χ2v) is 3.37. The van der Waals surface area contributed by atoms with Crippen molar-refractivity contribution in [1.29, 1.82) is 0 Å². The number of esters is 1. The fourth-order valence-electron chi connectivity index (χ4n) is 1.23. The number of methoxy groups -OCH3 is 1. The quantitative estimate of drug-likeness (QED) is 0.472. The van der Waals surface area contributed by atoms with Crippen molar-refractivity contribution in [3.05, 3.63) is 27.9 Å². The summed E-state index contributed by atoms with van der Waals surface area (Å²) in [6.07, 6.45) is 1.41. The number of aryl methyl sites for hydroxylation is 1. The lowest BCUT2D eigenvalue weighted by Gasteiger charge is -2.05. The van der Waals surface area contributed by atoms with Crippen molar-refractivity contribution < 1.29 is 14.5 Å². The molecule has 0 unspecified atom stereocenters. The molecule has 1 rings (SSSR count). The number of carbonyl (C=O) groups is 1. The average molecular weight is 239 g/mol. The van der Waals surface area contributed by atoms with Crippen molar-refractivity contribution in [1.82, 2.24) is 4.98 Å². The van der Waals surface area contributed by atoms with E-state index in [1.807, 2.05) is 0 Å². The molecule has 0 fully saturated rings. The van der Waals surface area contributed by atoms with E-state index in [2.05, 4.69) is 15.0 Å². The molecule has 7 heteroatoms. The fourth-order valence-corrected chi connectivity index (χ4v) is 1.23. The molecule has 0 saturated heterocycles. The van der Waals surface area contributed by atoms with Crippen LogP contribution in [0.4, 0.5) is 11.5 Å². The molecular weight excluding hydrogens is 226 g/mol. The van der Waals surface area contributed by atoms with Gasteiger partial charge in [0, 0.05) is 12.1 Å². The summed E-state index contributed by atoms with van der Waals surface area (Å²) in [6.45, 7) is 2.00. The van der Waals surface area contributed by atoms with Crippen LogP contribution in [0.1, 0.15) is 12.0 Å². The van der Waals surface area contributed by atoms with E-state index in [4.69, 9.17) is 0 Å². The van der Waals surface area contributed by atoms with Gasteiger partial charge in [0.15, 0.2) is 0 Å². The summed E-state index contributed by atoms with van der Waals surface area (Å²) in [7, 11) is 1.32. The first kappa shape index (κ1) is 12.9. The largest absolute Gasteiger partial charge is 0.469 e. The first-order chi connectivity index (χ1) is 8.04. The van der Waals surface area contributed by atoms with Gasteiger partial charge in [-0.2, -0.15) is 0 Å². The van der Waals surface area contributed by atoms with Gasteiger partial charge in [-0.05, 0) is 13.0 Å². The Hall–Kier alpha value is -2.18. The number of hydrogen-bond acceptors (Lipinski definition) is 6. The molecule has 0 bridgehead atoms. The molecule has 0 aromatic carbocycles. The first-order valence-electron chi connectivity index (χ1n) is 4.96. The van der Waals surface area contributed by atoms with Gasteiger partial charge in [0.1, 0.15) is 12.0 Å². The smallest absolute Gasteiger partial charge is 0.307 e. The predicted molar refractivity (Wildman–Crippen MR) is 60.8 cm³/mol. The van der Waals surface area contributed by atoms with E-state index < -0.39 is 4.92 Å². The topological polar surface area (TPSA) is 94.4 Å². The highest BCUT2D eigenvalue weighted by Crippen LogP contribution is 2.18. The first-order valence-corrected chi connectivity index (χ1v) is 4.96. The van der Waals surface area contributed by atoms with Gasteiger partial charge in [-0.15, -0.1) is 0 Å².